The fourth-order valence-corrected chi connectivity index (χ4v) is 2.86. The van der Waals surface area contributed by atoms with Gasteiger partial charge in [0.25, 0.3) is 0 Å². The molecular weight excluding hydrogens is 186 g/mol. The minimum Gasteiger partial charge on any atom is -0.315 e. The third kappa shape index (κ3) is 3.16. The van der Waals surface area contributed by atoms with Gasteiger partial charge in [-0.15, -0.1) is 0 Å². The molecule has 0 aromatic carbocycles. The van der Waals surface area contributed by atoms with E-state index in [1.807, 2.05) is 0 Å². The quantitative estimate of drug-likeness (QED) is 0.722. The van der Waals surface area contributed by atoms with Gasteiger partial charge < -0.3 is 15.1 Å². The van der Waals surface area contributed by atoms with Crippen LogP contribution >= 0.6 is 0 Å². The van der Waals surface area contributed by atoms with Crippen LogP contribution in [0, 0.1) is 5.92 Å². The van der Waals surface area contributed by atoms with Gasteiger partial charge in [0.1, 0.15) is 0 Å². The Kier molecular flexibility index (Phi) is 4.00. The van der Waals surface area contributed by atoms with Crippen LogP contribution in [0.1, 0.15) is 19.8 Å². The molecule has 2 atom stereocenters. The molecule has 3 heteroatoms. The summed E-state index contributed by atoms with van der Waals surface area (Å²) in [4.78, 5) is 5.18. The Hall–Kier alpha value is -0.120. The third-order valence-corrected chi connectivity index (χ3v) is 3.81. The molecule has 2 fully saturated rings. The predicted octanol–water partition coefficient (Wildman–Crippen LogP) is 0.622. The van der Waals surface area contributed by atoms with Crippen molar-refractivity contribution in [1.82, 2.24) is 15.1 Å². The average Bonchev–Trinajstić information content (AvgIpc) is 2.48. The molecule has 2 rings (SSSR count). The van der Waals surface area contributed by atoms with Crippen molar-refractivity contribution in [3.05, 3.63) is 0 Å². The van der Waals surface area contributed by atoms with Gasteiger partial charge >= 0.3 is 0 Å². The summed E-state index contributed by atoms with van der Waals surface area (Å²) in [5.74, 6) is 0.805. The Morgan fingerprint density at radius 1 is 1.33 bits per heavy atom. The number of nitrogens with one attached hydrogen (secondary N) is 1. The van der Waals surface area contributed by atoms with Crippen molar-refractivity contribution >= 4 is 0 Å². The van der Waals surface area contributed by atoms with Crippen molar-refractivity contribution in [3.8, 4) is 0 Å². The number of hydrogen-bond donors (Lipinski definition) is 1. The van der Waals surface area contributed by atoms with Gasteiger partial charge in [-0.1, -0.05) is 6.92 Å². The van der Waals surface area contributed by atoms with Crippen molar-refractivity contribution in [2.75, 3.05) is 46.3 Å². The van der Waals surface area contributed by atoms with E-state index >= 15 is 0 Å². The van der Waals surface area contributed by atoms with Gasteiger partial charge in [-0.3, -0.25) is 0 Å². The predicted molar refractivity (Wildman–Crippen MR) is 64.1 cm³/mol. The molecule has 1 N–H and O–H groups in total. The largest absolute Gasteiger partial charge is 0.315 e. The summed E-state index contributed by atoms with van der Waals surface area (Å²) in [6.45, 7) is 9.79. The zero-order chi connectivity index (χ0) is 10.7. The van der Waals surface area contributed by atoms with Crippen LogP contribution in [0.5, 0.6) is 0 Å². The fourth-order valence-electron chi connectivity index (χ4n) is 2.86. The summed E-state index contributed by atoms with van der Waals surface area (Å²) < 4.78 is 0. The van der Waals surface area contributed by atoms with Gasteiger partial charge in [0.05, 0.1) is 0 Å². The van der Waals surface area contributed by atoms with Crippen LogP contribution < -0.4 is 5.32 Å². The van der Waals surface area contributed by atoms with E-state index in [1.54, 1.807) is 0 Å². The molecule has 0 bridgehead atoms. The minimum atomic E-state index is 0.805. The minimum absolute atomic E-state index is 0.805. The van der Waals surface area contributed by atoms with E-state index in [1.165, 1.54) is 52.1 Å². The Balaban J connectivity index is 1.81. The first-order valence-electron chi connectivity index (χ1n) is 6.39. The highest BCUT2D eigenvalue weighted by Crippen LogP contribution is 2.16. The molecule has 2 aliphatic heterocycles. The van der Waals surface area contributed by atoms with Gasteiger partial charge in [-0.05, 0) is 38.9 Å². The standard InChI is InChI=1S/C12H25N3/c1-11-8-13-5-7-15(9-11)10-12-4-3-6-14(12)2/h11-13H,3-10H2,1-2H3. The first-order chi connectivity index (χ1) is 7.25. The fraction of sp³-hybridized carbons (Fsp3) is 1.00. The highest BCUT2D eigenvalue weighted by Gasteiger charge is 2.24. The summed E-state index contributed by atoms with van der Waals surface area (Å²) in [6, 6.07) is 0.815. The molecule has 15 heavy (non-hydrogen) atoms. The van der Waals surface area contributed by atoms with E-state index in [2.05, 4.69) is 29.1 Å². The Morgan fingerprint density at radius 2 is 2.20 bits per heavy atom. The van der Waals surface area contributed by atoms with E-state index in [4.69, 9.17) is 0 Å². The van der Waals surface area contributed by atoms with Gasteiger partial charge in [0.15, 0.2) is 0 Å². The van der Waals surface area contributed by atoms with Gasteiger partial charge in [0.2, 0.25) is 0 Å². The lowest BCUT2D eigenvalue weighted by molar-refractivity contribution is 0.189. The second-order valence-corrected chi connectivity index (χ2v) is 5.35. The van der Waals surface area contributed by atoms with E-state index in [0.29, 0.717) is 0 Å². The Bertz CT molecular complexity index is 195. The first kappa shape index (κ1) is 11.4. The summed E-state index contributed by atoms with van der Waals surface area (Å²) in [5, 5.41) is 3.51. The number of rotatable bonds is 2. The molecule has 0 aliphatic carbocycles. The third-order valence-electron chi connectivity index (χ3n) is 3.81. The zero-order valence-electron chi connectivity index (χ0n) is 10.2. The molecule has 2 saturated heterocycles. The molecule has 3 nitrogen and oxygen atoms in total. The van der Waals surface area contributed by atoms with Crippen LogP contribution in [-0.2, 0) is 0 Å². The molecule has 0 spiro atoms. The second-order valence-electron chi connectivity index (χ2n) is 5.35. The number of likely N-dealkylation sites (tertiary alicyclic amines) is 1. The van der Waals surface area contributed by atoms with Crippen molar-refractivity contribution in [2.45, 2.75) is 25.8 Å². The number of hydrogen-bond acceptors (Lipinski definition) is 3. The van der Waals surface area contributed by atoms with Crippen molar-refractivity contribution < 1.29 is 0 Å². The van der Waals surface area contributed by atoms with E-state index in [-0.39, 0.29) is 0 Å². The monoisotopic (exact) mass is 211 g/mol. The highest BCUT2D eigenvalue weighted by atomic mass is 15.2. The van der Waals surface area contributed by atoms with E-state index < -0.39 is 0 Å². The first-order valence-corrected chi connectivity index (χ1v) is 6.39. The van der Waals surface area contributed by atoms with Gasteiger partial charge in [-0.2, -0.15) is 0 Å². The molecule has 0 saturated carbocycles. The molecule has 0 aromatic heterocycles. The summed E-state index contributed by atoms with van der Waals surface area (Å²) in [6.07, 6.45) is 2.79. The molecule has 2 unspecified atom stereocenters. The van der Waals surface area contributed by atoms with Gasteiger partial charge in [-0.25, -0.2) is 0 Å². The average molecular weight is 211 g/mol. The zero-order valence-corrected chi connectivity index (χ0v) is 10.2. The Morgan fingerprint density at radius 3 is 2.93 bits per heavy atom. The van der Waals surface area contributed by atoms with Crippen LogP contribution in [0.4, 0.5) is 0 Å². The van der Waals surface area contributed by atoms with E-state index in [9.17, 15) is 0 Å². The SMILES string of the molecule is CC1CNCCN(CC2CCCN2C)C1. The van der Waals surface area contributed by atoms with Crippen LogP contribution in [0.15, 0.2) is 0 Å². The molecule has 2 heterocycles. The maximum Gasteiger partial charge on any atom is 0.0220 e. The summed E-state index contributed by atoms with van der Waals surface area (Å²) in [7, 11) is 2.27. The lowest BCUT2D eigenvalue weighted by atomic mass is 10.1. The molecular formula is C12H25N3. The van der Waals surface area contributed by atoms with Crippen molar-refractivity contribution in [1.29, 1.82) is 0 Å². The van der Waals surface area contributed by atoms with Crippen molar-refractivity contribution in [3.63, 3.8) is 0 Å². The second kappa shape index (κ2) is 5.28. The van der Waals surface area contributed by atoms with Crippen LogP contribution in [0.25, 0.3) is 0 Å². The number of likely N-dealkylation sites (N-methyl/N-ethyl adjacent to an activating group) is 1. The topological polar surface area (TPSA) is 18.5 Å². The van der Waals surface area contributed by atoms with Gasteiger partial charge in [0, 0.05) is 32.2 Å². The maximum absolute atomic E-state index is 3.51. The summed E-state index contributed by atoms with van der Waals surface area (Å²) >= 11 is 0. The van der Waals surface area contributed by atoms with Crippen LogP contribution in [0.2, 0.25) is 0 Å². The maximum atomic E-state index is 3.51. The lowest BCUT2D eigenvalue weighted by Crippen LogP contribution is -2.40. The smallest absolute Gasteiger partial charge is 0.0220 e. The highest BCUT2D eigenvalue weighted by molar-refractivity contribution is 4.81. The molecule has 0 radical (unpaired) electrons. The lowest BCUT2D eigenvalue weighted by Gasteiger charge is -2.28. The molecule has 0 amide bonds. The van der Waals surface area contributed by atoms with Crippen LogP contribution in [0.3, 0.4) is 0 Å². The molecule has 0 aromatic rings. The van der Waals surface area contributed by atoms with E-state index in [0.717, 1.165) is 12.0 Å². The summed E-state index contributed by atoms with van der Waals surface area (Å²) in [5.41, 5.74) is 0. The molecule has 88 valence electrons. The number of nitrogens with zero attached hydrogens (tertiary/aromatic N) is 2. The Labute approximate surface area is 93.8 Å². The van der Waals surface area contributed by atoms with Crippen molar-refractivity contribution in [2.24, 2.45) is 5.92 Å². The normalized spacial score (nSPS) is 35.6. The van der Waals surface area contributed by atoms with Crippen LogP contribution in [-0.4, -0.2) is 62.2 Å². The molecule has 2 aliphatic rings.